The summed E-state index contributed by atoms with van der Waals surface area (Å²) in [5.74, 6) is -6.13. The molecule has 13 heteroatoms. The quantitative estimate of drug-likeness (QED) is 0.187. The number of rotatable bonds is 13. The number of carbonyl (C=O) groups excluding carboxylic acids is 3. The number of carboxylic acid groups (broad SMARTS) is 3. The maximum atomic E-state index is 13.0. The summed E-state index contributed by atoms with van der Waals surface area (Å²) in [5, 5.41) is 32.0. The van der Waals surface area contributed by atoms with E-state index < -0.39 is 72.6 Å². The first-order valence-corrected chi connectivity index (χ1v) is 10.7. The molecule has 3 amide bonds. The van der Waals surface area contributed by atoms with Crippen LogP contribution in [0.15, 0.2) is 0 Å². The fraction of sp³-hybridized carbons (Fsp3) is 0.700. The largest absolute Gasteiger partial charge is 0.481 e. The van der Waals surface area contributed by atoms with Crippen LogP contribution < -0.4 is 16.4 Å². The van der Waals surface area contributed by atoms with Crippen LogP contribution in [0, 0.1) is 5.92 Å². The molecule has 1 saturated heterocycles. The van der Waals surface area contributed by atoms with Crippen LogP contribution in [-0.2, 0) is 28.8 Å². The molecule has 33 heavy (non-hydrogen) atoms. The van der Waals surface area contributed by atoms with Gasteiger partial charge in [0.25, 0.3) is 0 Å². The molecule has 0 aromatic rings. The van der Waals surface area contributed by atoms with E-state index in [-0.39, 0.29) is 31.7 Å². The van der Waals surface area contributed by atoms with Crippen LogP contribution in [0.3, 0.4) is 0 Å². The van der Waals surface area contributed by atoms with E-state index in [0.29, 0.717) is 6.42 Å². The van der Waals surface area contributed by atoms with Crippen LogP contribution in [0.25, 0.3) is 0 Å². The van der Waals surface area contributed by atoms with E-state index in [0.717, 1.165) is 4.90 Å². The Kier molecular flexibility index (Phi) is 10.7. The standard InChI is InChI=1S/C20H32N4O9/c1-10(2)8-13(23-17(29)11(21)9-16(27)28)18(30)22-12(5-6-15(25)26)19(31)24-7-3-4-14(24)20(32)33/h10-14H,3-9,21H2,1-2H3,(H,22,30)(H,23,29)(H,25,26)(H,27,28)(H,32,33). The summed E-state index contributed by atoms with van der Waals surface area (Å²) < 4.78 is 0. The first kappa shape index (κ1) is 27.8. The topological polar surface area (TPSA) is 216 Å². The fourth-order valence-corrected chi connectivity index (χ4v) is 3.55. The first-order chi connectivity index (χ1) is 15.3. The molecule has 13 nitrogen and oxygen atoms in total. The van der Waals surface area contributed by atoms with Gasteiger partial charge in [0.1, 0.15) is 18.1 Å². The van der Waals surface area contributed by atoms with E-state index in [2.05, 4.69) is 10.6 Å². The van der Waals surface area contributed by atoms with Crippen molar-refractivity contribution in [3.8, 4) is 0 Å². The lowest BCUT2D eigenvalue weighted by Gasteiger charge is -2.29. The van der Waals surface area contributed by atoms with Gasteiger partial charge in [-0.1, -0.05) is 13.8 Å². The molecule has 0 spiro atoms. The number of nitrogens with one attached hydrogen (secondary N) is 2. The molecule has 7 N–H and O–H groups in total. The minimum atomic E-state index is -1.39. The molecule has 0 radical (unpaired) electrons. The third-order valence-electron chi connectivity index (χ3n) is 5.15. The van der Waals surface area contributed by atoms with Crippen molar-refractivity contribution in [3.63, 3.8) is 0 Å². The van der Waals surface area contributed by atoms with Crippen LogP contribution in [0.5, 0.6) is 0 Å². The van der Waals surface area contributed by atoms with Crippen LogP contribution in [-0.4, -0.2) is 86.6 Å². The third-order valence-corrected chi connectivity index (χ3v) is 5.15. The second kappa shape index (κ2) is 12.7. The Morgan fingerprint density at radius 1 is 0.970 bits per heavy atom. The minimum absolute atomic E-state index is 0.0834. The van der Waals surface area contributed by atoms with Crippen molar-refractivity contribution < 1.29 is 44.1 Å². The summed E-state index contributed by atoms with van der Waals surface area (Å²) in [6, 6.07) is -4.93. The average molecular weight is 472 g/mol. The van der Waals surface area contributed by atoms with Crippen LogP contribution >= 0.6 is 0 Å². The van der Waals surface area contributed by atoms with E-state index in [1.165, 1.54) is 0 Å². The number of amides is 3. The van der Waals surface area contributed by atoms with Crippen molar-refractivity contribution in [1.82, 2.24) is 15.5 Å². The predicted octanol–water partition coefficient (Wildman–Crippen LogP) is -1.26. The van der Waals surface area contributed by atoms with Gasteiger partial charge in [0.05, 0.1) is 12.5 Å². The highest BCUT2D eigenvalue weighted by Gasteiger charge is 2.38. The van der Waals surface area contributed by atoms with Crippen LogP contribution in [0.4, 0.5) is 0 Å². The molecule has 1 aliphatic heterocycles. The molecule has 4 unspecified atom stereocenters. The Morgan fingerprint density at radius 3 is 2.09 bits per heavy atom. The molecular formula is C20H32N4O9. The van der Waals surface area contributed by atoms with E-state index in [9.17, 15) is 33.9 Å². The molecule has 1 aliphatic rings. The van der Waals surface area contributed by atoms with E-state index in [1.807, 2.05) is 0 Å². The monoisotopic (exact) mass is 472 g/mol. The van der Waals surface area contributed by atoms with E-state index >= 15 is 0 Å². The Bertz CT molecular complexity index is 771. The summed E-state index contributed by atoms with van der Waals surface area (Å²) in [6.07, 6.45) is -0.535. The maximum absolute atomic E-state index is 13.0. The second-order valence-electron chi connectivity index (χ2n) is 8.42. The summed E-state index contributed by atoms with van der Waals surface area (Å²) in [4.78, 5) is 72.5. The summed E-state index contributed by atoms with van der Waals surface area (Å²) in [6.45, 7) is 3.71. The van der Waals surface area contributed by atoms with Gasteiger partial charge in [-0.05, 0) is 31.6 Å². The summed E-state index contributed by atoms with van der Waals surface area (Å²) in [7, 11) is 0. The Labute approximate surface area is 190 Å². The molecule has 0 aliphatic carbocycles. The lowest BCUT2D eigenvalue weighted by molar-refractivity contribution is -0.150. The highest BCUT2D eigenvalue weighted by atomic mass is 16.4. The van der Waals surface area contributed by atoms with Crippen molar-refractivity contribution in [3.05, 3.63) is 0 Å². The summed E-state index contributed by atoms with van der Waals surface area (Å²) >= 11 is 0. The SMILES string of the molecule is CC(C)CC(NC(=O)C(N)CC(=O)O)C(=O)NC(CCC(=O)O)C(=O)N1CCCC1C(=O)O. The van der Waals surface area contributed by atoms with E-state index in [4.69, 9.17) is 15.9 Å². The number of carboxylic acids is 3. The zero-order chi connectivity index (χ0) is 25.3. The van der Waals surface area contributed by atoms with Crippen molar-refractivity contribution in [2.75, 3.05) is 6.54 Å². The molecule has 4 atom stereocenters. The lowest BCUT2D eigenvalue weighted by Crippen LogP contribution is -2.57. The highest BCUT2D eigenvalue weighted by Crippen LogP contribution is 2.20. The van der Waals surface area contributed by atoms with Crippen molar-refractivity contribution in [2.24, 2.45) is 11.7 Å². The molecule has 1 fully saturated rings. The number of nitrogens with zero attached hydrogens (tertiary/aromatic N) is 1. The number of carbonyl (C=O) groups is 6. The molecule has 0 aromatic heterocycles. The first-order valence-electron chi connectivity index (χ1n) is 10.7. The number of hydrogen-bond donors (Lipinski definition) is 6. The highest BCUT2D eigenvalue weighted by molar-refractivity contribution is 5.95. The van der Waals surface area contributed by atoms with Gasteiger partial charge in [-0.2, -0.15) is 0 Å². The van der Waals surface area contributed by atoms with Crippen LogP contribution in [0.1, 0.15) is 52.4 Å². The molecule has 0 saturated carbocycles. The van der Waals surface area contributed by atoms with Gasteiger partial charge >= 0.3 is 17.9 Å². The van der Waals surface area contributed by atoms with Gasteiger partial charge in [-0.15, -0.1) is 0 Å². The molecule has 0 aromatic carbocycles. The van der Waals surface area contributed by atoms with Gasteiger partial charge in [-0.3, -0.25) is 24.0 Å². The molecule has 0 bridgehead atoms. The van der Waals surface area contributed by atoms with Gasteiger partial charge in [0.2, 0.25) is 17.7 Å². The number of likely N-dealkylation sites (tertiary alicyclic amines) is 1. The average Bonchev–Trinajstić information content (AvgIpc) is 3.19. The molecule has 1 rings (SSSR count). The number of hydrogen-bond acceptors (Lipinski definition) is 7. The predicted molar refractivity (Wildman–Crippen MR) is 113 cm³/mol. The maximum Gasteiger partial charge on any atom is 0.326 e. The third kappa shape index (κ3) is 9.04. The minimum Gasteiger partial charge on any atom is -0.481 e. The Balaban J connectivity index is 3.02. The second-order valence-corrected chi connectivity index (χ2v) is 8.42. The van der Waals surface area contributed by atoms with Gasteiger partial charge < -0.3 is 36.6 Å². The van der Waals surface area contributed by atoms with Crippen molar-refractivity contribution in [2.45, 2.75) is 76.5 Å². The molecule has 186 valence electrons. The molecule has 1 heterocycles. The van der Waals surface area contributed by atoms with Gasteiger partial charge in [0, 0.05) is 13.0 Å². The van der Waals surface area contributed by atoms with E-state index in [1.54, 1.807) is 13.8 Å². The lowest BCUT2D eigenvalue weighted by atomic mass is 10.0. The van der Waals surface area contributed by atoms with Gasteiger partial charge in [-0.25, -0.2) is 4.79 Å². The normalized spacial score (nSPS) is 18.3. The van der Waals surface area contributed by atoms with Crippen LogP contribution in [0.2, 0.25) is 0 Å². The zero-order valence-corrected chi connectivity index (χ0v) is 18.7. The Morgan fingerprint density at radius 2 is 1.58 bits per heavy atom. The zero-order valence-electron chi connectivity index (χ0n) is 18.7. The van der Waals surface area contributed by atoms with Crippen molar-refractivity contribution >= 4 is 35.6 Å². The van der Waals surface area contributed by atoms with Gasteiger partial charge in [0.15, 0.2) is 0 Å². The number of nitrogens with two attached hydrogens (primary N) is 1. The Hall–Kier alpha value is -3.22. The summed E-state index contributed by atoms with van der Waals surface area (Å²) in [5.41, 5.74) is 5.55. The van der Waals surface area contributed by atoms with Crippen molar-refractivity contribution in [1.29, 1.82) is 0 Å². The number of aliphatic carboxylic acids is 3. The molecular weight excluding hydrogens is 440 g/mol. The smallest absolute Gasteiger partial charge is 0.326 e. The fourth-order valence-electron chi connectivity index (χ4n) is 3.55.